The first kappa shape index (κ1) is 19.1. The normalized spacial score (nSPS) is 21.9. The summed E-state index contributed by atoms with van der Waals surface area (Å²) < 4.78 is 18.9. The van der Waals surface area contributed by atoms with E-state index in [0.717, 1.165) is 5.56 Å². The van der Waals surface area contributed by atoms with E-state index in [1.54, 1.807) is 11.0 Å². The van der Waals surface area contributed by atoms with Crippen LogP contribution in [0.25, 0.3) is 11.5 Å². The van der Waals surface area contributed by atoms with Gasteiger partial charge in [-0.25, -0.2) is 4.39 Å². The maximum atomic E-state index is 13.6. The van der Waals surface area contributed by atoms with Crippen LogP contribution in [0.15, 0.2) is 59.1 Å². The predicted octanol–water partition coefficient (Wildman–Crippen LogP) is 2.76. The highest BCUT2D eigenvalue weighted by molar-refractivity contribution is 5.77. The molecule has 2 N–H and O–H groups in total. The van der Waals surface area contributed by atoms with Crippen molar-refractivity contribution in [2.75, 3.05) is 18.0 Å². The molecule has 29 heavy (non-hydrogen) atoms. The number of aliphatic hydroxyl groups is 1. The van der Waals surface area contributed by atoms with E-state index in [-0.39, 0.29) is 25.3 Å². The largest absolute Gasteiger partial charge is 0.481 e. The van der Waals surface area contributed by atoms with E-state index in [4.69, 9.17) is 4.52 Å². The van der Waals surface area contributed by atoms with Crippen LogP contribution < -0.4 is 4.90 Å². The molecule has 0 aliphatic carbocycles. The number of benzene rings is 2. The van der Waals surface area contributed by atoms with Gasteiger partial charge in [-0.05, 0) is 47.8 Å². The number of rotatable bonds is 5. The number of carboxylic acid groups (broad SMARTS) is 1. The van der Waals surface area contributed by atoms with Gasteiger partial charge in [0.2, 0.25) is 0 Å². The van der Waals surface area contributed by atoms with Crippen molar-refractivity contribution in [3.05, 3.63) is 66.0 Å². The van der Waals surface area contributed by atoms with E-state index in [1.165, 1.54) is 18.2 Å². The van der Waals surface area contributed by atoms with Crippen molar-refractivity contribution in [3.8, 4) is 11.5 Å². The van der Waals surface area contributed by atoms with Crippen molar-refractivity contribution in [1.29, 1.82) is 0 Å². The van der Waals surface area contributed by atoms with Gasteiger partial charge < -0.3 is 19.6 Å². The van der Waals surface area contributed by atoms with E-state index >= 15 is 0 Å². The van der Waals surface area contributed by atoms with E-state index in [2.05, 4.69) is 10.1 Å². The fourth-order valence-electron chi connectivity index (χ4n) is 3.76. The number of halogens is 1. The number of anilines is 1. The molecule has 2 aromatic carbocycles. The molecule has 0 spiro atoms. The van der Waals surface area contributed by atoms with Crippen molar-refractivity contribution in [2.24, 2.45) is 5.41 Å². The summed E-state index contributed by atoms with van der Waals surface area (Å²) in [6.07, 6.45) is -0.877. The lowest BCUT2D eigenvalue weighted by molar-refractivity contribution is -0.157. The quantitative estimate of drug-likeness (QED) is 0.683. The Morgan fingerprint density at radius 3 is 2.76 bits per heavy atom. The van der Waals surface area contributed by atoms with Crippen LogP contribution in [0.2, 0.25) is 0 Å². The maximum Gasteiger partial charge on any atom is 0.314 e. The molecule has 0 unspecified atom stereocenters. The highest BCUT2D eigenvalue weighted by Gasteiger charge is 2.50. The van der Waals surface area contributed by atoms with Gasteiger partial charge in [-0.2, -0.15) is 4.98 Å². The summed E-state index contributed by atoms with van der Waals surface area (Å²) in [7, 11) is 0. The molecule has 0 saturated carbocycles. The van der Waals surface area contributed by atoms with Gasteiger partial charge in [0.05, 0.1) is 6.10 Å². The molecule has 3 aromatic rings. The molecule has 150 valence electrons. The number of carboxylic acids is 1. The number of hydrogen-bond donors (Lipinski definition) is 2. The molecular formula is C21H20FN3O4. The van der Waals surface area contributed by atoms with E-state index in [1.807, 2.05) is 30.3 Å². The van der Waals surface area contributed by atoms with Crippen LogP contribution in [0.1, 0.15) is 12.0 Å². The van der Waals surface area contributed by atoms with Crippen LogP contribution in [0, 0.1) is 11.2 Å². The lowest BCUT2D eigenvalue weighted by atomic mass is 9.73. The van der Waals surface area contributed by atoms with Crippen molar-refractivity contribution in [1.82, 2.24) is 10.1 Å². The van der Waals surface area contributed by atoms with Crippen LogP contribution in [-0.4, -0.2) is 45.5 Å². The molecule has 1 aliphatic rings. The minimum absolute atomic E-state index is 0.0127. The minimum Gasteiger partial charge on any atom is -0.481 e. The third-order valence-corrected chi connectivity index (χ3v) is 5.34. The number of piperidine rings is 1. The summed E-state index contributed by atoms with van der Waals surface area (Å²) in [6.45, 7) is 0.362. The highest BCUT2D eigenvalue weighted by atomic mass is 19.1. The van der Waals surface area contributed by atoms with Crippen LogP contribution >= 0.6 is 0 Å². The van der Waals surface area contributed by atoms with Gasteiger partial charge in [0.25, 0.3) is 11.8 Å². The standard InChI is InChI=1S/C21H20FN3O4/c22-16-8-4-5-14(11-16)12-21(19(27)28)13-25(10-9-17(21)26)20-23-18(29-24-20)15-6-2-1-3-7-15/h1-8,11,17,26H,9-10,12-13H2,(H,27,28)/t17-,21-/m1/s1. The molecule has 7 nitrogen and oxygen atoms in total. The average molecular weight is 397 g/mol. The van der Waals surface area contributed by atoms with Crippen molar-refractivity contribution >= 4 is 11.9 Å². The van der Waals surface area contributed by atoms with Crippen LogP contribution in [0.5, 0.6) is 0 Å². The molecule has 1 aromatic heterocycles. The molecule has 1 saturated heterocycles. The van der Waals surface area contributed by atoms with E-state index in [0.29, 0.717) is 18.0 Å². The Labute approximate surface area is 166 Å². The summed E-state index contributed by atoms with van der Waals surface area (Å²) in [6, 6.07) is 15.0. The van der Waals surface area contributed by atoms with Gasteiger partial charge in [0.1, 0.15) is 11.2 Å². The summed E-state index contributed by atoms with van der Waals surface area (Å²) >= 11 is 0. The maximum absolute atomic E-state index is 13.6. The van der Waals surface area contributed by atoms with Crippen LogP contribution in [-0.2, 0) is 11.2 Å². The number of aliphatic carboxylic acids is 1. The zero-order valence-corrected chi connectivity index (χ0v) is 15.5. The topological polar surface area (TPSA) is 99.7 Å². The van der Waals surface area contributed by atoms with E-state index < -0.39 is 23.3 Å². The lowest BCUT2D eigenvalue weighted by Crippen LogP contribution is -2.57. The number of nitrogens with zero attached hydrogens (tertiary/aromatic N) is 3. The zero-order chi connectivity index (χ0) is 20.4. The van der Waals surface area contributed by atoms with Gasteiger partial charge in [0.15, 0.2) is 0 Å². The van der Waals surface area contributed by atoms with Gasteiger partial charge in [-0.1, -0.05) is 30.3 Å². The Bertz CT molecular complexity index is 1010. The van der Waals surface area contributed by atoms with E-state index in [9.17, 15) is 19.4 Å². The Hall–Kier alpha value is -3.26. The summed E-state index contributed by atoms with van der Waals surface area (Å²) in [5, 5.41) is 24.6. The number of aromatic nitrogens is 2. The van der Waals surface area contributed by atoms with Gasteiger partial charge in [-0.15, -0.1) is 0 Å². The van der Waals surface area contributed by atoms with Crippen molar-refractivity contribution < 1.29 is 23.9 Å². The summed E-state index contributed by atoms with van der Waals surface area (Å²) in [5.74, 6) is -1.000. The molecule has 8 heteroatoms. The molecule has 1 aliphatic heterocycles. The second-order valence-corrected chi connectivity index (χ2v) is 7.26. The van der Waals surface area contributed by atoms with Gasteiger partial charge in [0, 0.05) is 18.7 Å². The first-order valence-electron chi connectivity index (χ1n) is 9.28. The molecule has 2 heterocycles. The smallest absolute Gasteiger partial charge is 0.314 e. The lowest BCUT2D eigenvalue weighted by Gasteiger charge is -2.43. The second kappa shape index (κ2) is 7.63. The van der Waals surface area contributed by atoms with Gasteiger partial charge >= 0.3 is 5.97 Å². The SMILES string of the molecule is O=C(O)[C@]1(Cc2cccc(F)c2)CN(c2noc(-c3ccccc3)n2)CC[C@H]1O. The minimum atomic E-state index is -1.51. The Morgan fingerprint density at radius 2 is 2.03 bits per heavy atom. The zero-order valence-electron chi connectivity index (χ0n) is 15.5. The molecule has 0 radical (unpaired) electrons. The number of hydrogen-bond acceptors (Lipinski definition) is 6. The third kappa shape index (κ3) is 3.71. The highest BCUT2D eigenvalue weighted by Crippen LogP contribution is 2.36. The fourth-order valence-corrected chi connectivity index (χ4v) is 3.76. The Kier molecular flexibility index (Phi) is 5.02. The first-order valence-corrected chi connectivity index (χ1v) is 9.28. The second-order valence-electron chi connectivity index (χ2n) is 7.26. The van der Waals surface area contributed by atoms with Crippen molar-refractivity contribution in [3.63, 3.8) is 0 Å². The molecule has 2 atom stereocenters. The number of carbonyl (C=O) groups is 1. The average Bonchev–Trinajstić information content (AvgIpc) is 3.20. The fraction of sp³-hybridized carbons (Fsp3) is 0.286. The Morgan fingerprint density at radius 1 is 1.24 bits per heavy atom. The Balaban J connectivity index is 1.62. The predicted molar refractivity (Wildman–Crippen MR) is 103 cm³/mol. The number of aliphatic hydroxyl groups excluding tert-OH is 1. The molecule has 0 bridgehead atoms. The molecule has 0 amide bonds. The first-order chi connectivity index (χ1) is 14.0. The third-order valence-electron chi connectivity index (χ3n) is 5.34. The summed E-state index contributed by atoms with van der Waals surface area (Å²) in [5.41, 5.74) is -0.251. The van der Waals surface area contributed by atoms with Crippen LogP contribution in [0.4, 0.5) is 10.3 Å². The van der Waals surface area contributed by atoms with Crippen LogP contribution in [0.3, 0.4) is 0 Å². The summed E-state index contributed by atoms with van der Waals surface area (Å²) in [4.78, 5) is 18.3. The molecular weight excluding hydrogens is 377 g/mol. The molecule has 4 rings (SSSR count). The van der Waals surface area contributed by atoms with Gasteiger partial charge in [-0.3, -0.25) is 4.79 Å². The molecule has 1 fully saturated rings. The monoisotopic (exact) mass is 397 g/mol. The van der Waals surface area contributed by atoms with Crippen molar-refractivity contribution in [2.45, 2.75) is 18.9 Å².